The van der Waals surface area contributed by atoms with Crippen LogP contribution in [0, 0.1) is 0 Å². The Kier molecular flexibility index (Phi) is 4.76. The summed E-state index contributed by atoms with van der Waals surface area (Å²) in [6.07, 6.45) is 0. The Balaban J connectivity index is 2.07. The van der Waals surface area contributed by atoms with E-state index >= 15 is 0 Å². The largest absolute Gasteiger partial charge is 0.346 e. The zero-order chi connectivity index (χ0) is 18.2. The van der Waals surface area contributed by atoms with Gasteiger partial charge in [-0.3, -0.25) is 9.48 Å². The number of nitrogens with zero attached hydrogens (tertiary/aromatic N) is 2. The van der Waals surface area contributed by atoms with Crippen molar-refractivity contribution in [2.24, 2.45) is 0 Å². The van der Waals surface area contributed by atoms with Gasteiger partial charge in [-0.2, -0.15) is 5.10 Å². The van der Waals surface area contributed by atoms with Gasteiger partial charge >= 0.3 is 0 Å². The summed E-state index contributed by atoms with van der Waals surface area (Å²) in [4.78, 5) is 12.6. The van der Waals surface area contributed by atoms with Crippen molar-refractivity contribution in [1.82, 2.24) is 15.1 Å². The quantitative estimate of drug-likeness (QED) is 0.705. The van der Waals surface area contributed by atoms with Gasteiger partial charge in [0.05, 0.1) is 12.1 Å². The van der Waals surface area contributed by atoms with Crippen LogP contribution < -0.4 is 5.32 Å². The van der Waals surface area contributed by atoms with Crippen molar-refractivity contribution in [3.05, 3.63) is 63.8 Å². The fourth-order valence-electron chi connectivity index (χ4n) is 2.65. The summed E-state index contributed by atoms with van der Waals surface area (Å²) in [6, 6.07) is 13.0. The minimum Gasteiger partial charge on any atom is -0.346 e. The lowest BCUT2D eigenvalue weighted by molar-refractivity contribution is 0.0915. The van der Waals surface area contributed by atoms with Crippen molar-refractivity contribution in [3.8, 4) is 0 Å². The number of fused-ring (bicyclic) bond motifs is 1. The van der Waals surface area contributed by atoms with E-state index in [-0.39, 0.29) is 11.4 Å². The van der Waals surface area contributed by atoms with Crippen LogP contribution in [0.15, 0.2) is 42.5 Å². The third kappa shape index (κ3) is 3.80. The number of carbonyl (C=O) groups excluding carboxylic acids is 1. The summed E-state index contributed by atoms with van der Waals surface area (Å²) in [5.74, 6) is -0.201. The first-order valence-corrected chi connectivity index (χ1v) is 8.73. The maximum absolute atomic E-state index is 12.6. The van der Waals surface area contributed by atoms with Gasteiger partial charge in [-0.1, -0.05) is 47.5 Å². The third-order valence-corrected chi connectivity index (χ3v) is 4.44. The molecule has 0 aliphatic carbocycles. The standard InChI is InChI=1S/C19H19Cl2N3O/c1-19(2,3)22-18(25)17-12-7-4-5-10-16(12)24(23-17)11-13-14(20)8-6-9-15(13)21/h4-10H,11H2,1-3H3,(H,22,25). The minimum atomic E-state index is -0.339. The molecule has 0 aliphatic heterocycles. The van der Waals surface area contributed by atoms with Gasteiger partial charge in [-0.05, 0) is 39.0 Å². The van der Waals surface area contributed by atoms with E-state index in [4.69, 9.17) is 23.2 Å². The Morgan fingerprint density at radius 1 is 1.08 bits per heavy atom. The fraction of sp³-hybridized carbons (Fsp3) is 0.263. The first-order chi connectivity index (χ1) is 11.8. The van der Waals surface area contributed by atoms with E-state index in [1.165, 1.54) is 0 Å². The highest BCUT2D eigenvalue weighted by atomic mass is 35.5. The van der Waals surface area contributed by atoms with Crippen LogP contribution in [0.3, 0.4) is 0 Å². The van der Waals surface area contributed by atoms with Crippen molar-refractivity contribution in [2.75, 3.05) is 0 Å². The molecular weight excluding hydrogens is 357 g/mol. The van der Waals surface area contributed by atoms with Crippen LogP contribution in [-0.4, -0.2) is 21.2 Å². The first-order valence-electron chi connectivity index (χ1n) is 7.97. The van der Waals surface area contributed by atoms with Gasteiger partial charge < -0.3 is 5.32 Å². The average Bonchev–Trinajstić information content (AvgIpc) is 2.88. The molecule has 3 aromatic rings. The molecule has 0 spiro atoms. The average molecular weight is 376 g/mol. The van der Waals surface area contributed by atoms with Gasteiger partial charge in [0.1, 0.15) is 0 Å². The first kappa shape index (κ1) is 17.8. The second-order valence-corrected chi connectivity index (χ2v) is 7.74. The predicted octanol–water partition coefficient (Wildman–Crippen LogP) is 4.92. The summed E-state index contributed by atoms with van der Waals surface area (Å²) in [7, 11) is 0. The molecule has 0 saturated heterocycles. The Morgan fingerprint density at radius 3 is 2.36 bits per heavy atom. The second kappa shape index (κ2) is 6.70. The lowest BCUT2D eigenvalue weighted by Crippen LogP contribution is -2.40. The van der Waals surface area contributed by atoms with E-state index in [9.17, 15) is 4.79 Å². The molecule has 3 rings (SSSR count). The van der Waals surface area contributed by atoms with E-state index in [1.807, 2.05) is 45.0 Å². The Hall–Kier alpha value is -2.04. The molecule has 4 nitrogen and oxygen atoms in total. The maximum atomic E-state index is 12.6. The zero-order valence-electron chi connectivity index (χ0n) is 14.3. The van der Waals surface area contributed by atoms with E-state index < -0.39 is 0 Å². The highest BCUT2D eigenvalue weighted by Gasteiger charge is 2.22. The number of hydrogen-bond acceptors (Lipinski definition) is 2. The number of rotatable bonds is 3. The van der Waals surface area contributed by atoms with Gasteiger partial charge in [0.25, 0.3) is 5.91 Å². The molecule has 6 heteroatoms. The highest BCUT2D eigenvalue weighted by Crippen LogP contribution is 2.27. The van der Waals surface area contributed by atoms with Gasteiger partial charge in [0, 0.05) is 26.5 Å². The van der Waals surface area contributed by atoms with Crippen LogP contribution >= 0.6 is 23.2 Å². The molecule has 1 N–H and O–H groups in total. The van der Waals surface area contributed by atoms with Crippen LogP contribution in [0.2, 0.25) is 10.0 Å². The second-order valence-electron chi connectivity index (χ2n) is 6.93. The summed E-state index contributed by atoms with van der Waals surface area (Å²) >= 11 is 12.6. The maximum Gasteiger partial charge on any atom is 0.272 e. The molecule has 1 heterocycles. The van der Waals surface area contributed by atoms with Gasteiger partial charge in [-0.15, -0.1) is 0 Å². The van der Waals surface area contributed by atoms with Crippen LogP contribution in [0.1, 0.15) is 36.8 Å². The number of para-hydroxylation sites is 1. The summed E-state index contributed by atoms with van der Waals surface area (Å²) in [5.41, 5.74) is 1.70. The topological polar surface area (TPSA) is 46.9 Å². The Bertz CT molecular complexity index is 921. The van der Waals surface area contributed by atoms with Crippen molar-refractivity contribution >= 4 is 40.0 Å². The molecule has 2 aromatic carbocycles. The fourth-order valence-corrected chi connectivity index (χ4v) is 3.17. The Labute approximate surface area is 156 Å². The highest BCUT2D eigenvalue weighted by molar-refractivity contribution is 6.36. The lowest BCUT2D eigenvalue weighted by atomic mass is 10.1. The van der Waals surface area contributed by atoms with E-state index in [0.29, 0.717) is 22.3 Å². The van der Waals surface area contributed by atoms with Crippen LogP contribution in [0.5, 0.6) is 0 Å². The monoisotopic (exact) mass is 375 g/mol. The van der Waals surface area contributed by atoms with E-state index in [1.54, 1.807) is 22.9 Å². The lowest BCUT2D eigenvalue weighted by Gasteiger charge is -2.19. The Morgan fingerprint density at radius 2 is 1.72 bits per heavy atom. The number of halogens is 2. The zero-order valence-corrected chi connectivity index (χ0v) is 15.8. The predicted molar refractivity (Wildman–Crippen MR) is 103 cm³/mol. The number of nitrogens with one attached hydrogen (secondary N) is 1. The van der Waals surface area contributed by atoms with Gasteiger partial charge in [0.15, 0.2) is 5.69 Å². The number of amides is 1. The molecule has 0 fully saturated rings. The van der Waals surface area contributed by atoms with Crippen LogP contribution in [-0.2, 0) is 6.54 Å². The van der Waals surface area contributed by atoms with Crippen molar-refractivity contribution in [3.63, 3.8) is 0 Å². The SMILES string of the molecule is CC(C)(C)NC(=O)c1nn(Cc2c(Cl)cccc2Cl)c2ccccc12. The smallest absolute Gasteiger partial charge is 0.272 e. The minimum absolute atomic E-state index is 0.201. The van der Waals surface area contributed by atoms with Crippen LogP contribution in [0.4, 0.5) is 0 Å². The van der Waals surface area contributed by atoms with Crippen molar-refractivity contribution in [2.45, 2.75) is 32.9 Å². The molecule has 0 bridgehead atoms. The number of carbonyl (C=O) groups is 1. The molecule has 130 valence electrons. The molecule has 0 saturated carbocycles. The molecule has 25 heavy (non-hydrogen) atoms. The van der Waals surface area contributed by atoms with Gasteiger partial charge in [0.2, 0.25) is 0 Å². The normalized spacial score (nSPS) is 11.7. The molecule has 0 radical (unpaired) electrons. The van der Waals surface area contributed by atoms with Gasteiger partial charge in [-0.25, -0.2) is 0 Å². The summed E-state index contributed by atoms with van der Waals surface area (Å²) in [6.45, 7) is 6.20. The van der Waals surface area contributed by atoms with Crippen molar-refractivity contribution in [1.29, 1.82) is 0 Å². The van der Waals surface area contributed by atoms with Crippen LogP contribution in [0.25, 0.3) is 10.9 Å². The number of aromatic nitrogens is 2. The molecule has 0 unspecified atom stereocenters. The number of benzene rings is 2. The third-order valence-electron chi connectivity index (χ3n) is 3.73. The molecule has 1 aromatic heterocycles. The molecule has 1 amide bonds. The summed E-state index contributed by atoms with van der Waals surface area (Å²) in [5, 5.41) is 9.45. The van der Waals surface area contributed by atoms with E-state index in [0.717, 1.165) is 16.5 Å². The van der Waals surface area contributed by atoms with Crippen molar-refractivity contribution < 1.29 is 4.79 Å². The number of hydrogen-bond donors (Lipinski definition) is 1. The molecule has 0 aliphatic rings. The van der Waals surface area contributed by atoms with E-state index in [2.05, 4.69) is 10.4 Å². The molecular formula is C19H19Cl2N3O. The molecule has 0 atom stereocenters. The summed E-state index contributed by atoms with van der Waals surface area (Å²) < 4.78 is 1.76.